The lowest BCUT2D eigenvalue weighted by Gasteiger charge is -2.06. The first-order valence-corrected chi connectivity index (χ1v) is 7.10. The molecule has 2 aromatic rings. The minimum Gasteiger partial charge on any atom is -0.494 e. The highest BCUT2D eigenvalue weighted by molar-refractivity contribution is 9.10. The number of pyridine rings is 1. The molecule has 1 N–H and O–H groups in total. The normalized spacial score (nSPS) is 10.1. The Balaban J connectivity index is 1.92. The van der Waals surface area contributed by atoms with E-state index in [4.69, 9.17) is 4.74 Å². The van der Waals surface area contributed by atoms with Crippen molar-refractivity contribution in [1.29, 1.82) is 0 Å². The van der Waals surface area contributed by atoms with Crippen LogP contribution in [0.15, 0.2) is 47.1 Å². The zero-order chi connectivity index (χ0) is 14.4. The number of halogens is 1. The van der Waals surface area contributed by atoms with Gasteiger partial charge < -0.3 is 10.1 Å². The number of anilines is 1. The maximum Gasteiger partial charge on any atom is 0.229 e. The molecule has 4 nitrogen and oxygen atoms in total. The number of aromatic nitrogens is 1. The highest BCUT2D eigenvalue weighted by atomic mass is 79.9. The topological polar surface area (TPSA) is 51.2 Å². The Bertz CT molecular complexity index is 567. The van der Waals surface area contributed by atoms with Gasteiger partial charge in [-0.05, 0) is 52.7 Å². The average Bonchev–Trinajstić information content (AvgIpc) is 2.44. The minimum atomic E-state index is -0.0935. The number of amides is 1. The summed E-state index contributed by atoms with van der Waals surface area (Å²) in [4.78, 5) is 16.0. The fraction of sp³-hybridized carbons (Fsp3) is 0.200. The van der Waals surface area contributed by atoms with Gasteiger partial charge in [-0.2, -0.15) is 0 Å². The van der Waals surface area contributed by atoms with Gasteiger partial charge in [0, 0.05) is 10.7 Å². The van der Waals surface area contributed by atoms with E-state index in [0.717, 1.165) is 15.8 Å². The van der Waals surface area contributed by atoms with Crippen LogP contribution in [0.2, 0.25) is 0 Å². The number of benzene rings is 1. The lowest BCUT2D eigenvalue weighted by atomic mass is 10.1. The summed E-state index contributed by atoms with van der Waals surface area (Å²) in [5.41, 5.74) is 0.933. The van der Waals surface area contributed by atoms with Gasteiger partial charge in [-0.3, -0.25) is 4.79 Å². The van der Waals surface area contributed by atoms with E-state index in [0.29, 0.717) is 18.8 Å². The third kappa shape index (κ3) is 4.35. The third-order valence-corrected chi connectivity index (χ3v) is 3.06. The van der Waals surface area contributed by atoms with Crippen LogP contribution in [0.4, 0.5) is 5.82 Å². The fourth-order valence-corrected chi connectivity index (χ4v) is 1.93. The molecule has 0 radical (unpaired) electrons. The molecule has 0 atom stereocenters. The van der Waals surface area contributed by atoms with E-state index >= 15 is 0 Å². The van der Waals surface area contributed by atoms with E-state index in [-0.39, 0.29) is 5.91 Å². The third-order valence-electron chi connectivity index (χ3n) is 2.59. The van der Waals surface area contributed by atoms with Gasteiger partial charge in [0.05, 0.1) is 13.0 Å². The van der Waals surface area contributed by atoms with E-state index in [2.05, 4.69) is 26.2 Å². The quantitative estimate of drug-likeness (QED) is 0.911. The summed E-state index contributed by atoms with van der Waals surface area (Å²) in [5, 5.41) is 2.76. The first kappa shape index (κ1) is 14.5. The molecule has 1 amide bonds. The Morgan fingerprint density at radius 3 is 2.60 bits per heavy atom. The second-order valence-electron chi connectivity index (χ2n) is 4.16. The van der Waals surface area contributed by atoms with Gasteiger partial charge in [0.1, 0.15) is 11.6 Å². The summed E-state index contributed by atoms with van der Waals surface area (Å²) in [6.07, 6.45) is 1.96. The standard InChI is InChI=1S/C15H15BrN2O2/c1-2-20-13-6-3-11(4-7-13)9-15(19)18-14-8-5-12(16)10-17-14/h3-8,10H,2,9H2,1H3,(H,17,18,19). The lowest BCUT2D eigenvalue weighted by Crippen LogP contribution is -2.15. The first-order chi connectivity index (χ1) is 9.67. The molecule has 0 saturated heterocycles. The van der Waals surface area contributed by atoms with Gasteiger partial charge in [0.15, 0.2) is 0 Å². The number of carbonyl (C=O) groups is 1. The highest BCUT2D eigenvalue weighted by Gasteiger charge is 2.05. The van der Waals surface area contributed by atoms with Crippen LogP contribution < -0.4 is 10.1 Å². The Hall–Kier alpha value is -1.88. The van der Waals surface area contributed by atoms with Crippen LogP contribution in [0.25, 0.3) is 0 Å². The van der Waals surface area contributed by atoms with Crippen molar-refractivity contribution in [3.63, 3.8) is 0 Å². The van der Waals surface area contributed by atoms with Crippen LogP contribution in [-0.2, 0) is 11.2 Å². The summed E-state index contributed by atoms with van der Waals surface area (Å²) in [5.74, 6) is 1.26. The predicted molar refractivity (Wildman–Crippen MR) is 81.9 cm³/mol. The van der Waals surface area contributed by atoms with Crippen molar-refractivity contribution in [3.8, 4) is 5.75 Å². The molecule has 0 spiro atoms. The van der Waals surface area contributed by atoms with Gasteiger partial charge >= 0.3 is 0 Å². The molecule has 0 saturated carbocycles. The summed E-state index contributed by atoms with van der Waals surface area (Å²) >= 11 is 3.30. The van der Waals surface area contributed by atoms with Crippen LogP contribution in [0, 0.1) is 0 Å². The lowest BCUT2D eigenvalue weighted by molar-refractivity contribution is -0.115. The smallest absolute Gasteiger partial charge is 0.229 e. The molecule has 104 valence electrons. The first-order valence-electron chi connectivity index (χ1n) is 6.30. The summed E-state index contributed by atoms with van der Waals surface area (Å²) in [7, 11) is 0. The minimum absolute atomic E-state index is 0.0935. The Morgan fingerprint density at radius 2 is 2.00 bits per heavy atom. The zero-order valence-corrected chi connectivity index (χ0v) is 12.7. The monoisotopic (exact) mass is 334 g/mol. The van der Waals surface area contributed by atoms with Crippen molar-refractivity contribution >= 4 is 27.7 Å². The second-order valence-corrected chi connectivity index (χ2v) is 5.08. The largest absolute Gasteiger partial charge is 0.494 e. The van der Waals surface area contributed by atoms with E-state index in [1.807, 2.05) is 37.3 Å². The van der Waals surface area contributed by atoms with E-state index < -0.39 is 0 Å². The van der Waals surface area contributed by atoms with Crippen LogP contribution in [-0.4, -0.2) is 17.5 Å². The molecule has 5 heteroatoms. The molecular formula is C15H15BrN2O2. The fourth-order valence-electron chi connectivity index (χ4n) is 1.69. The van der Waals surface area contributed by atoms with Crippen molar-refractivity contribution in [2.24, 2.45) is 0 Å². The molecule has 0 aliphatic rings. The molecule has 2 rings (SSSR count). The van der Waals surface area contributed by atoms with Crippen molar-refractivity contribution in [1.82, 2.24) is 4.98 Å². The molecule has 20 heavy (non-hydrogen) atoms. The van der Waals surface area contributed by atoms with Gasteiger partial charge in [-0.25, -0.2) is 4.98 Å². The van der Waals surface area contributed by atoms with E-state index in [1.165, 1.54) is 0 Å². The van der Waals surface area contributed by atoms with Crippen LogP contribution in [0.1, 0.15) is 12.5 Å². The van der Waals surface area contributed by atoms with E-state index in [1.54, 1.807) is 12.3 Å². The zero-order valence-electron chi connectivity index (χ0n) is 11.1. The Morgan fingerprint density at radius 1 is 1.25 bits per heavy atom. The molecule has 0 aliphatic carbocycles. The van der Waals surface area contributed by atoms with Crippen LogP contribution in [0.5, 0.6) is 5.75 Å². The second kappa shape index (κ2) is 7.05. The average molecular weight is 335 g/mol. The summed E-state index contributed by atoms with van der Waals surface area (Å²) in [6.45, 7) is 2.57. The SMILES string of the molecule is CCOc1ccc(CC(=O)Nc2ccc(Br)cn2)cc1. The Kier molecular flexibility index (Phi) is 5.12. The molecule has 0 unspecified atom stereocenters. The number of rotatable bonds is 5. The molecule has 1 heterocycles. The van der Waals surface area contributed by atoms with Crippen LogP contribution >= 0.6 is 15.9 Å². The Labute approximate surface area is 126 Å². The number of hydrogen-bond donors (Lipinski definition) is 1. The maximum atomic E-state index is 11.9. The van der Waals surface area contributed by atoms with E-state index in [9.17, 15) is 4.79 Å². The van der Waals surface area contributed by atoms with Crippen molar-refractivity contribution < 1.29 is 9.53 Å². The number of hydrogen-bond acceptors (Lipinski definition) is 3. The molecule has 1 aromatic heterocycles. The molecule has 1 aromatic carbocycles. The molecule has 0 fully saturated rings. The van der Waals surface area contributed by atoms with Crippen LogP contribution in [0.3, 0.4) is 0 Å². The van der Waals surface area contributed by atoms with Gasteiger partial charge in [0.25, 0.3) is 0 Å². The summed E-state index contributed by atoms with van der Waals surface area (Å²) < 4.78 is 6.23. The van der Waals surface area contributed by atoms with Crippen molar-refractivity contribution in [3.05, 3.63) is 52.6 Å². The molecule has 0 aliphatic heterocycles. The van der Waals surface area contributed by atoms with Gasteiger partial charge in [-0.15, -0.1) is 0 Å². The number of nitrogens with zero attached hydrogens (tertiary/aromatic N) is 1. The van der Waals surface area contributed by atoms with Gasteiger partial charge in [-0.1, -0.05) is 12.1 Å². The number of ether oxygens (including phenoxy) is 1. The molecule has 0 bridgehead atoms. The predicted octanol–water partition coefficient (Wildman–Crippen LogP) is 3.42. The maximum absolute atomic E-state index is 11.9. The summed E-state index contributed by atoms with van der Waals surface area (Å²) in [6, 6.07) is 11.1. The highest BCUT2D eigenvalue weighted by Crippen LogP contribution is 2.14. The number of carbonyl (C=O) groups excluding carboxylic acids is 1. The van der Waals surface area contributed by atoms with Gasteiger partial charge in [0.2, 0.25) is 5.91 Å². The van der Waals surface area contributed by atoms with Crippen molar-refractivity contribution in [2.75, 3.05) is 11.9 Å². The molecular weight excluding hydrogens is 320 g/mol. The number of nitrogens with one attached hydrogen (secondary N) is 1. The van der Waals surface area contributed by atoms with Crippen molar-refractivity contribution in [2.45, 2.75) is 13.3 Å².